The van der Waals surface area contributed by atoms with Gasteiger partial charge in [0.15, 0.2) is 5.58 Å². The SMILES string of the molecule is COc1ccc(-c2nc3cc(C(C)C)ccc3o2)cc1NC(=O)c1cccc(C)c1. The molecule has 1 N–H and O–H groups in total. The summed E-state index contributed by atoms with van der Waals surface area (Å²) in [6, 6.07) is 19.0. The second kappa shape index (κ2) is 8.03. The Kier molecular flexibility index (Phi) is 5.27. The van der Waals surface area contributed by atoms with Crippen molar-refractivity contribution in [2.45, 2.75) is 26.7 Å². The number of ether oxygens (including phenoxy) is 1. The van der Waals surface area contributed by atoms with E-state index in [-0.39, 0.29) is 5.91 Å². The minimum absolute atomic E-state index is 0.201. The summed E-state index contributed by atoms with van der Waals surface area (Å²) >= 11 is 0. The van der Waals surface area contributed by atoms with Crippen LogP contribution in [0.2, 0.25) is 0 Å². The van der Waals surface area contributed by atoms with Gasteiger partial charge < -0.3 is 14.5 Å². The zero-order chi connectivity index (χ0) is 21.3. The van der Waals surface area contributed by atoms with E-state index in [0.717, 1.165) is 22.2 Å². The summed E-state index contributed by atoms with van der Waals surface area (Å²) in [5.41, 5.74) is 5.70. The van der Waals surface area contributed by atoms with E-state index in [1.165, 1.54) is 5.56 Å². The molecule has 4 aromatic rings. The van der Waals surface area contributed by atoms with Crippen LogP contribution in [0.5, 0.6) is 5.75 Å². The molecule has 0 aliphatic carbocycles. The molecule has 0 bridgehead atoms. The molecule has 4 rings (SSSR count). The fourth-order valence-electron chi connectivity index (χ4n) is 3.35. The lowest BCUT2D eigenvalue weighted by Gasteiger charge is -2.11. The average Bonchev–Trinajstić information content (AvgIpc) is 3.17. The summed E-state index contributed by atoms with van der Waals surface area (Å²) in [5.74, 6) is 1.28. The second-order valence-electron chi connectivity index (χ2n) is 7.64. The van der Waals surface area contributed by atoms with Gasteiger partial charge in [-0.15, -0.1) is 0 Å². The number of hydrogen-bond acceptors (Lipinski definition) is 4. The topological polar surface area (TPSA) is 64.4 Å². The highest BCUT2D eigenvalue weighted by Gasteiger charge is 2.15. The molecule has 3 aromatic carbocycles. The van der Waals surface area contributed by atoms with Gasteiger partial charge in [0.25, 0.3) is 5.91 Å². The molecule has 5 nitrogen and oxygen atoms in total. The molecule has 0 aliphatic heterocycles. The van der Waals surface area contributed by atoms with Crippen molar-refractivity contribution in [1.29, 1.82) is 0 Å². The Morgan fingerprint density at radius 2 is 1.90 bits per heavy atom. The maximum atomic E-state index is 12.7. The number of benzene rings is 3. The predicted molar refractivity (Wildman–Crippen MR) is 119 cm³/mol. The Morgan fingerprint density at radius 1 is 1.07 bits per heavy atom. The molecule has 0 atom stereocenters. The van der Waals surface area contributed by atoms with E-state index >= 15 is 0 Å². The largest absolute Gasteiger partial charge is 0.495 e. The quantitative estimate of drug-likeness (QED) is 0.434. The molecule has 0 radical (unpaired) electrons. The number of aryl methyl sites for hydroxylation is 1. The van der Waals surface area contributed by atoms with E-state index in [1.807, 2.05) is 43.3 Å². The van der Waals surface area contributed by atoms with E-state index in [2.05, 4.69) is 36.3 Å². The van der Waals surface area contributed by atoms with Crippen molar-refractivity contribution in [2.24, 2.45) is 0 Å². The van der Waals surface area contributed by atoms with Crippen molar-refractivity contribution in [1.82, 2.24) is 4.98 Å². The van der Waals surface area contributed by atoms with Crippen LogP contribution in [-0.4, -0.2) is 18.0 Å². The lowest BCUT2D eigenvalue weighted by Crippen LogP contribution is -2.12. The van der Waals surface area contributed by atoms with E-state index in [0.29, 0.717) is 28.8 Å². The number of anilines is 1. The molecule has 0 unspecified atom stereocenters. The van der Waals surface area contributed by atoms with Crippen molar-refractivity contribution in [3.8, 4) is 17.2 Å². The molecular formula is C25H24N2O3. The number of nitrogens with zero attached hydrogens (tertiary/aromatic N) is 1. The Bertz CT molecular complexity index is 1220. The monoisotopic (exact) mass is 400 g/mol. The number of hydrogen-bond donors (Lipinski definition) is 1. The molecule has 152 valence electrons. The van der Waals surface area contributed by atoms with Crippen LogP contribution < -0.4 is 10.1 Å². The van der Waals surface area contributed by atoms with Crippen LogP contribution in [0.1, 0.15) is 41.3 Å². The van der Waals surface area contributed by atoms with Gasteiger partial charge in [-0.2, -0.15) is 0 Å². The summed E-state index contributed by atoms with van der Waals surface area (Å²) in [6.45, 7) is 6.25. The molecule has 0 spiro atoms. The average molecular weight is 400 g/mol. The number of amides is 1. The molecular weight excluding hydrogens is 376 g/mol. The molecule has 1 amide bonds. The van der Waals surface area contributed by atoms with Crippen LogP contribution in [0.25, 0.3) is 22.6 Å². The highest BCUT2D eigenvalue weighted by atomic mass is 16.5. The minimum atomic E-state index is -0.201. The third-order valence-electron chi connectivity index (χ3n) is 5.05. The van der Waals surface area contributed by atoms with Crippen LogP contribution in [0.15, 0.2) is 65.1 Å². The number of carbonyl (C=O) groups excluding carboxylic acids is 1. The predicted octanol–water partition coefficient (Wildman–Crippen LogP) is 6.19. The fraction of sp³-hybridized carbons (Fsp3) is 0.200. The second-order valence-corrected chi connectivity index (χ2v) is 7.64. The van der Waals surface area contributed by atoms with E-state index in [9.17, 15) is 4.79 Å². The number of nitrogens with one attached hydrogen (secondary N) is 1. The molecule has 30 heavy (non-hydrogen) atoms. The van der Waals surface area contributed by atoms with Gasteiger partial charge in [-0.05, 0) is 60.9 Å². The maximum Gasteiger partial charge on any atom is 0.255 e. The van der Waals surface area contributed by atoms with Gasteiger partial charge >= 0.3 is 0 Å². The maximum absolute atomic E-state index is 12.7. The number of aromatic nitrogens is 1. The third-order valence-corrected chi connectivity index (χ3v) is 5.05. The molecule has 0 saturated carbocycles. The zero-order valence-corrected chi connectivity index (χ0v) is 17.5. The van der Waals surface area contributed by atoms with E-state index in [1.54, 1.807) is 19.2 Å². The van der Waals surface area contributed by atoms with Gasteiger partial charge in [0.05, 0.1) is 12.8 Å². The molecule has 0 aliphatic rings. The minimum Gasteiger partial charge on any atom is -0.495 e. The summed E-state index contributed by atoms with van der Waals surface area (Å²) in [7, 11) is 1.57. The number of fused-ring (bicyclic) bond motifs is 1. The summed E-state index contributed by atoms with van der Waals surface area (Å²) < 4.78 is 11.4. The Hall–Kier alpha value is -3.60. The van der Waals surface area contributed by atoms with Gasteiger partial charge in [0.2, 0.25) is 5.89 Å². The van der Waals surface area contributed by atoms with Crippen molar-refractivity contribution >= 4 is 22.7 Å². The van der Waals surface area contributed by atoms with Crippen molar-refractivity contribution in [2.75, 3.05) is 12.4 Å². The molecule has 1 aromatic heterocycles. The Labute approximate surface area is 175 Å². The zero-order valence-electron chi connectivity index (χ0n) is 17.5. The molecule has 0 fully saturated rings. The summed E-state index contributed by atoms with van der Waals surface area (Å²) in [6.07, 6.45) is 0. The van der Waals surface area contributed by atoms with E-state index in [4.69, 9.17) is 9.15 Å². The highest BCUT2D eigenvalue weighted by molar-refractivity contribution is 6.05. The molecule has 1 heterocycles. The smallest absolute Gasteiger partial charge is 0.255 e. The number of carbonyl (C=O) groups is 1. The lowest BCUT2D eigenvalue weighted by molar-refractivity contribution is 0.102. The fourth-order valence-corrected chi connectivity index (χ4v) is 3.35. The van der Waals surface area contributed by atoms with Crippen LogP contribution >= 0.6 is 0 Å². The van der Waals surface area contributed by atoms with Crippen molar-refractivity contribution < 1.29 is 13.9 Å². The number of oxazole rings is 1. The van der Waals surface area contributed by atoms with Gasteiger partial charge in [0, 0.05) is 11.1 Å². The molecule has 0 saturated heterocycles. The van der Waals surface area contributed by atoms with Gasteiger partial charge in [-0.25, -0.2) is 4.98 Å². The Morgan fingerprint density at radius 3 is 2.63 bits per heavy atom. The molecule has 5 heteroatoms. The van der Waals surface area contributed by atoms with Crippen molar-refractivity contribution in [3.05, 3.63) is 77.4 Å². The first-order chi connectivity index (χ1) is 14.4. The Balaban J connectivity index is 1.68. The van der Waals surface area contributed by atoms with Crippen LogP contribution in [0.4, 0.5) is 5.69 Å². The summed E-state index contributed by atoms with van der Waals surface area (Å²) in [4.78, 5) is 17.4. The standard InChI is InChI=1S/C25H24N2O3/c1-15(2)17-8-11-23-21(13-17)27-25(30-23)19-9-10-22(29-4)20(14-19)26-24(28)18-7-5-6-16(3)12-18/h5-15H,1-4H3,(H,26,28). The highest BCUT2D eigenvalue weighted by Crippen LogP contribution is 2.33. The normalized spacial score (nSPS) is 11.1. The first-order valence-electron chi connectivity index (χ1n) is 9.91. The van der Waals surface area contributed by atoms with E-state index < -0.39 is 0 Å². The first-order valence-corrected chi connectivity index (χ1v) is 9.91. The number of rotatable bonds is 5. The lowest BCUT2D eigenvalue weighted by atomic mass is 10.0. The summed E-state index contributed by atoms with van der Waals surface area (Å²) in [5, 5.41) is 2.94. The van der Waals surface area contributed by atoms with Crippen LogP contribution in [-0.2, 0) is 0 Å². The van der Waals surface area contributed by atoms with Gasteiger partial charge in [-0.1, -0.05) is 37.6 Å². The van der Waals surface area contributed by atoms with Gasteiger partial charge in [0.1, 0.15) is 11.3 Å². The number of methoxy groups -OCH3 is 1. The van der Waals surface area contributed by atoms with Crippen molar-refractivity contribution in [3.63, 3.8) is 0 Å². The van der Waals surface area contributed by atoms with Crippen LogP contribution in [0, 0.1) is 6.92 Å². The third kappa shape index (κ3) is 3.92. The first kappa shape index (κ1) is 19.7. The van der Waals surface area contributed by atoms with Gasteiger partial charge in [-0.3, -0.25) is 4.79 Å². The van der Waals surface area contributed by atoms with Crippen LogP contribution in [0.3, 0.4) is 0 Å².